The fourth-order valence-electron chi connectivity index (χ4n) is 3.35. The van der Waals surface area contributed by atoms with Gasteiger partial charge in [-0.1, -0.05) is 25.1 Å². The van der Waals surface area contributed by atoms with Gasteiger partial charge >= 0.3 is 0 Å². The molecule has 1 aliphatic heterocycles. The summed E-state index contributed by atoms with van der Waals surface area (Å²) in [6, 6.07) is 10.9. The Morgan fingerprint density at radius 2 is 1.87 bits per heavy atom. The van der Waals surface area contributed by atoms with Crippen LogP contribution in [0.25, 0.3) is 0 Å². The van der Waals surface area contributed by atoms with E-state index < -0.39 is 0 Å². The lowest BCUT2D eigenvalue weighted by atomic mass is 10.2. The second-order valence-corrected chi connectivity index (χ2v) is 7.18. The number of hydrogen-bond donors (Lipinski definition) is 1. The minimum Gasteiger partial charge on any atom is -0.369 e. The molecule has 2 fully saturated rings. The fraction of sp³-hybridized carbons (Fsp3) is 0.632. The van der Waals surface area contributed by atoms with E-state index in [1.807, 2.05) is 0 Å². The molecule has 1 aliphatic carbocycles. The Hall–Kier alpha value is -1.55. The molecule has 1 N–H and O–H groups in total. The summed E-state index contributed by atoms with van der Waals surface area (Å²) < 4.78 is 0. The molecule has 1 aromatic carbocycles. The third-order valence-corrected chi connectivity index (χ3v) is 5.21. The third-order valence-electron chi connectivity index (χ3n) is 5.21. The smallest absolute Gasteiger partial charge is 0.223 e. The highest BCUT2D eigenvalue weighted by molar-refractivity contribution is 5.81. The molecule has 1 saturated carbocycles. The normalized spacial score (nSPS) is 25.9. The summed E-state index contributed by atoms with van der Waals surface area (Å²) in [7, 11) is 0. The second-order valence-electron chi connectivity index (χ2n) is 7.18. The minimum atomic E-state index is 0.263. The zero-order chi connectivity index (χ0) is 16.2. The molecule has 0 bridgehead atoms. The fourth-order valence-corrected chi connectivity index (χ4v) is 3.35. The van der Waals surface area contributed by atoms with Crippen LogP contribution in [0.5, 0.6) is 0 Å². The van der Waals surface area contributed by atoms with Crippen LogP contribution in [-0.2, 0) is 4.79 Å². The molecule has 1 aromatic rings. The molecule has 0 spiro atoms. The van der Waals surface area contributed by atoms with Crippen LogP contribution in [0.4, 0.5) is 5.69 Å². The Morgan fingerprint density at radius 1 is 1.22 bits per heavy atom. The minimum absolute atomic E-state index is 0.263. The van der Waals surface area contributed by atoms with Crippen molar-refractivity contribution >= 4 is 11.6 Å². The number of para-hydroxylation sites is 1. The largest absolute Gasteiger partial charge is 0.369 e. The van der Waals surface area contributed by atoms with Crippen LogP contribution in [-0.4, -0.2) is 49.6 Å². The Labute approximate surface area is 139 Å². The van der Waals surface area contributed by atoms with E-state index in [9.17, 15) is 4.79 Å². The lowest BCUT2D eigenvalue weighted by Crippen LogP contribution is -2.47. The quantitative estimate of drug-likeness (QED) is 0.875. The lowest BCUT2D eigenvalue weighted by molar-refractivity contribution is -0.123. The van der Waals surface area contributed by atoms with Gasteiger partial charge in [-0.2, -0.15) is 0 Å². The van der Waals surface area contributed by atoms with Gasteiger partial charge in [0.1, 0.15) is 0 Å². The Balaban J connectivity index is 1.35. The highest BCUT2D eigenvalue weighted by atomic mass is 16.2. The predicted molar refractivity (Wildman–Crippen MR) is 94.6 cm³/mol. The van der Waals surface area contributed by atoms with Crippen LogP contribution in [0.3, 0.4) is 0 Å². The summed E-state index contributed by atoms with van der Waals surface area (Å²) in [5.41, 5.74) is 1.33. The third kappa shape index (κ3) is 4.47. The van der Waals surface area contributed by atoms with E-state index >= 15 is 0 Å². The maximum Gasteiger partial charge on any atom is 0.223 e. The van der Waals surface area contributed by atoms with Crippen molar-refractivity contribution in [2.24, 2.45) is 11.8 Å². The van der Waals surface area contributed by atoms with Crippen LogP contribution >= 0.6 is 0 Å². The number of nitrogens with zero attached hydrogens (tertiary/aromatic N) is 2. The Morgan fingerprint density at radius 3 is 2.48 bits per heavy atom. The molecule has 3 atom stereocenters. The number of amides is 1. The number of anilines is 1. The molecule has 4 nitrogen and oxygen atoms in total. The van der Waals surface area contributed by atoms with Gasteiger partial charge in [-0.25, -0.2) is 0 Å². The molecule has 0 aromatic heterocycles. The zero-order valence-electron chi connectivity index (χ0n) is 14.4. The van der Waals surface area contributed by atoms with Crippen LogP contribution in [0.1, 0.15) is 26.7 Å². The van der Waals surface area contributed by atoms with Crippen molar-refractivity contribution in [1.82, 2.24) is 10.2 Å². The van der Waals surface area contributed by atoms with Gasteiger partial charge < -0.3 is 10.2 Å². The number of carbonyl (C=O) groups is 1. The highest BCUT2D eigenvalue weighted by Crippen LogP contribution is 2.37. The molecule has 3 rings (SSSR count). The monoisotopic (exact) mass is 315 g/mol. The van der Waals surface area contributed by atoms with Crippen molar-refractivity contribution in [3.8, 4) is 0 Å². The van der Waals surface area contributed by atoms with Crippen LogP contribution < -0.4 is 10.2 Å². The molecular weight excluding hydrogens is 286 g/mol. The van der Waals surface area contributed by atoms with Gasteiger partial charge in [0.15, 0.2) is 0 Å². The zero-order valence-corrected chi connectivity index (χ0v) is 14.4. The maximum absolute atomic E-state index is 11.9. The highest BCUT2D eigenvalue weighted by Gasteiger charge is 2.39. The molecular formula is C19H29N3O. The SMILES string of the molecule is C[C@H](CCN1CCN(c2ccccc2)CC1)NC(=O)[C@H]1C[C@H]1C. The van der Waals surface area contributed by atoms with E-state index in [0.29, 0.717) is 5.92 Å². The van der Waals surface area contributed by atoms with Gasteiger partial charge in [-0.3, -0.25) is 9.69 Å². The van der Waals surface area contributed by atoms with E-state index in [0.717, 1.165) is 45.6 Å². The van der Waals surface area contributed by atoms with Crippen LogP contribution in [0, 0.1) is 11.8 Å². The van der Waals surface area contributed by atoms with E-state index in [4.69, 9.17) is 0 Å². The molecule has 1 amide bonds. The summed E-state index contributed by atoms with van der Waals surface area (Å²) in [4.78, 5) is 16.9. The first kappa shape index (κ1) is 16.3. The Bertz CT molecular complexity index is 511. The summed E-state index contributed by atoms with van der Waals surface area (Å²) in [6.45, 7) is 9.75. The van der Waals surface area contributed by atoms with E-state index in [1.165, 1.54) is 5.69 Å². The first-order chi connectivity index (χ1) is 11.1. The number of piperazine rings is 1. The van der Waals surface area contributed by atoms with Crippen molar-refractivity contribution in [3.05, 3.63) is 30.3 Å². The first-order valence-corrected chi connectivity index (χ1v) is 8.96. The van der Waals surface area contributed by atoms with E-state index in [-0.39, 0.29) is 17.9 Å². The molecule has 2 aliphatic rings. The number of benzene rings is 1. The average Bonchev–Trinajstić information content (AvgIpc) is 3.31. The molecule has 0 unspecified atom stereocenters. The van der Waals surface area contributed by atoms with Gasteiger partial charge in [0.25, 0.3) is 0 Å². The number of hydrogen-bond acceptors (Lipinski definition) is 3. The van der Waals surface area contributed by atoms with Gasteiger partial charge in [-0.15, -0.1) is 0 Å². The predicted octanol–water partition coefficient (Wildman–Crippen LogP) is 2.36. The topological polar surface area (TPSA) is 35.6 Å². The van der Waals surface area contributed by atoms with Gasteiger partial charge in [0, 0.05) is 50.4 Å². The van der Waals surface area contributed by atoms with E-state index in [1.54, 1.807) is 0 Å². The first-order valence-electron chi connectivity index (χ1n) is 8.96. The van der Waals surface area contributed by atoms with Crippen molar-refractivity contribution in [2.75, 3.05) is 37.6 Å². The molecule has 126 valence electrons. The van der Waals surface area contributed by atoms with Crippen molar-refractivity contribution in [2.45, 2.75) is 32.7 Å². The summed E-state index contributed by atoms with van der Waals surface area (Å²) in [5.74, 6) is 1.14. The van der Waals surface area contributed by atoms with Crippen molar-refractivity contribution in [1.29, 1.82) is 0 Å². The molecule has 0 radical (unpaired) electrons. The van der Waals surface area contributed by atoms with Gasteiger partial charge in [-0.05, 0) is 37.8 Å². The number of nitrogens with one attached hydrogen (secondary N) is 1. The summed E-state index contributed by atoms with van der Waals surface area (Å²) >= 11 is 0. The lowest BCUT2D eigenvalue weighted by Gasteiger charge is -2.36. The maximum atomic E-state index is 11.9. The van der Waals surface area contributed by atoms with Crippen LogP contribution in [0.2, 0.25) is 0 Å². The van der Waals surface area contributed by atoms with Crippen molar-refractivity contribution < 1.29 is 4.79 Å². The van der Waals surface area contributed by atoms with Gasteiger partial charge in [0.05, 0.1) is 0 Å². The van der Waals surface area contributed by atoms with E-state index in [2.05, 4.69) is 59.3 Å². The summed E-state index contributed by atoms with van der Waals surface area (Å²) in [6.07, 6.45) is 2.11. The summed E-state index contributed by atoms with van der Waals surface area (Å²) in [5, 5.41) is 3.17. The molecule has 1 saturated heterocycles. The van der Waals surface area contributed by atoms with Crippen LogP contribution in [0.15, 0.2) is 30.3 Å². The molecule has 23 heavy (non-hydrogen) atoms. The molecule has 4 heteroatoms. The Kier molecular flexibility index (Phi) is 5.21. The second kappa shape index (κ2) is 7.35. The van der Waals surface area contributed by atoms with Crippen molar-refractivity contribution in [3.63, 3.8) is 0 Å². The molecule has 1 heterocycles. The standard InChI is InChI=1S/C19H29N3O/c1-15-14-18(15)19(23)20-16(2)8-9-21-10-12-22(13-11-21)17-6-4-3-5-7-17/h3-7,15-16,18H,8-14H2,1-2H3,(H,20,23)/t15-,16-,18+/m1/s1. The van der Waals surface area contributed by atoms with Gasteiger partial charge in [0.2, 0.25) is 5.91 Å². The average molecular weight is 315 g/mol. The number of rotatable bonds is 6. The number of carbonyl (C=O) groups excluding carboxylic acids is 1.